The summed E-state index contributed by atoms with van der Waals surface area (Å²) in [4.78, 5) is 14.0. The summed E-state index contributed by atoms with van der Waals surface area (Å²) in [5.74, 6) is -2.76. The van der Waals surface area contributed by atoms with E-state index in [9.17, 15) is 26.7 Å². The molecule has 4 rings (SSSR count). The Morgan fingerprint density at radius 3 is 2.28 bits per heavy atom. The molecule has 1 aliphatic rings. The van der Waals surface area contributed by atoms with E-state index in [1.807, 2.05) is 0 Å². The number of hydrogen-bond acceptors (Lipinski definition) is 3. The second-order valence-electron chi connectivity index (χ2n) is 7.92. The molecule has 1 aromatic heterocycles. The third kappa shape index (κ3) is 4.48. The second kappa shape index (κ2) is 8.20. The summed E-state index contributed by atoms with van der Waals surface area (Å²) < 4.78 is 73.0. The number of alkyl halides is 5. The highest BCUT2D eigenvalue weighted by Gasteiger charge is 2.36. The minimum absolute atomic E-state index is 0.0369. The predicted molar refractivity (Wildman–Crippen MR) is 109 cm³/mol. The molecule has 0 bridgehead atoms. The molecule has 4 nitrogen and oxygen atoms in total. The first-order valence-corrected chi connectivity index (χ1v) is 10.2. The lowest BCUT2D eigenvalue weighted by molar-refractivity contribution is -0.136. The minimum atomic E-state index is -4.61. The van der Waals surface area contributed by atoms with Gasteiger partial charge in [-0.05, 0) is 48.0 Å². The van der Waals surface area contributed by atoms with Crippen LogP contribution < -0.4 is 5.73 Å². The number of amides is 1. The third-order valence-electron chi connectivity index (χ3n) is 5.61. The molecule has 0 spiro atoms. The Hall–Kier alpha value is -2.94. The lowest BCUT2D eigenvalue weighted by Crippen LogP contribution is -2.42. The molecular weight excluding hydrogens is 431 g/mol. The van der Waals surface area contributed by atoms with Crippen LogP contribution in [0.25, 0.3) is 22.1 Å². The number of benzene rings is 2. The average Bonchev–Trinajstić information content (AvgIpc) is 3.14. The standard InChI is InChI=1S/C23H21F5N2O2/c24-22(25)6-9-30(10-7-22)21(31)15-3-1-14(2-4-15)16-11-17-12-18(5-8-29)32-20(17)19(13-16)23(26,27)28/h1-4,11-13H,5-10,29H2. The molecule has 2 heterocycles. The molecule has 2 N–H and O–H groups in total. The molecule has 3 aromatic rings. The monoisotopic (exact) mass is 452 g/mol. The van der Waals surface area contributed by atoms with Crippen molar-refractivity contribution in [2.75, 3.05) is 19.6 Å². The van der Waals surface area contributed by atoms with Gasteiger partial charge in [0.2, 0.25) is 0 Å². The molecule has 2 aromatic carbocycles. The van der Waals surface area contributed by atoms with Crippen molar-refractivity contribution in [2.24, 2.45) is 5.73 Å². The van der Waals surface area contributed by atoms with Crippen LogP contribution in [-0.4, -0.2) is 36.4 Å². The molecule has 9 heteroatoms. The van der Waals surface area contributed by atoms with Gasteiger partial charge in [-0.1, -0.05) is 12.1 Å². The van der Waals surface area contributed by atoms with Gasteiger partial charge in [0.05, 0.1) is 5.56 Å². The van der Waals surface area contributed by atoms with Gasteiger partial charge in [0.25, 0.3) is 11.8 Å². The molecule has 0 saturated carbocycles. The summed E-state index contributed by atoms with van der Waals surface area (Å²) in [5.41, 5.74) is 5.46. The number of likely N-dealkylation sites (tertiary alicyclic amines) is 1. The molecule has 170 valence electrons. The zero-order chi connectivity index (χ0) is 23.1. The van der Waals surface area contributed by atoms with Crippen molar-refractivity contribution < 1.29 is 31.2 Å². The smallest absolute Gasteiger partial charge is 0.420 e. The Kier molecular flexibility index (Phi) is 5.70. The lowest BCUT2D eigenvalue weighted by atomic mass is 9.98. The van der Waals surface area contributed by atoms with Crippen LogP contribution in [0.15, 0.2) is 46.9 Å². The molecule has 0 atom stereocenters. The van der Waals surface area contributed by atoms with Crippen LogP contribution in [0.2, 0.25) is 0 Å². The van der Waals surface area contributed by atoms with E-state index in [1.165, 1.54) is 17.0 Å². The van der Waals surface area contributed by atoms with Crippen molar-refractivity contribution in [3.63, 3.8) is 0 Å². The van der Waals surface area contributed by atoms with Gasteiger partial charge in [0.1, 0.15) is 11.3 Å². The van der Waals surface area contributed by atoms with Gasteiger partial charge in [0.15, 0.2) is 0 Å². The van der Waals surface area contributed by atoms with Crippen LogP contribution in [0.3, 0.4) is 0 Å². The summed E-state index contributed by atoms with van der Waals surface area (Å²) in [7, 11) is 0. The lowest BCUT2D eigenvalue weighted by Gasteiger charge is -2.31. The maximum Gasteiger partial charge on any atom is 0.420 e. The summed E-state index contributed by atoms with van der Waals surface area (Å²) in [6, 6.07) is 10.3. The van der Waals surface area contributed by atoms with Crippen molar-refractivity contribution in [2.45, 2.75) is 31.4 Å². The fourth-order valence-electron chi connectivity index (χ4n) is 3.87. The van der Waals surface area contributed by atoms with E-state index < -0.39 is 17.7 Å². The number of hydrogen-bond donors (Lipinski definition) is 1. The topological polar surface area (TPSA) is 59.5 Å². The van der Waals surface area contributed by atoms with E-state index in [1.54, 1.807) is 24.3 Å². The number of rotatable bonds is 4. The molecule has 1 amide bonds. The molecule has 0 radical (unpaired) electrons. The molecule has 1 saturated heterocycles. The minimum Gasteiger partial charge on any atom is -0.460 e. The fraction of sp³-hybridized carbons (Fsp3) is 0.348. The molecule has 32 heavy (non-hydrogen) atoms. The van der Waals surface area contributed by atoms with Crippen LogP contribution in [0.4, 0.5) is 22.0 Å². The highest BCUT2D eigenvalue weighted by Crippen LogP contribution is 2.39. The quantitative estimate of drug-likeness (QED) is 0.533. The van der Waals surface area contributed by atoms with E-state index in [2.05, 4.69) is 0 Å². The number of carbonyl (C=O) groups excluding carboxylic acids is 1. The van der Waals surface area contributed by atoms with Gasteiger partial charge in [-0.3, -0.25) is 4.79 Å². The third-order valence-corrected chi connectivity index (χ3v) is 5.61. The highest BCUT2D eigenvalue weighted by atomic mass is 19.4. The first kappa shape index (κ1) is 22.3. The van der Waals surface area contributed by atoms with Gasteiger partial charge in [-0.15, -0.1) is 0 Å². The highest BCUT2D eigenvalue weighted by molar-refractivity contribution is 5.95. The average molecular weight is 452 g/mol. The van der Waals surface area contributed by atoms with Crippen molar-refractivity contribution in [1.82, 2.24) is 4.90 Å². The van der Waals surface area contributed by atoms with Gasteiger partial charge in [-0.25, -0.2) is 8.78 Å². The van der Waals surface area contributed by atoms with Gasteiger partial charge in [-0.2, -0.15) is 13.2 Å². The molecular formula is C23H21F5N2O2. The first-order chi connectivity index (χ1) is 15.1. The summed E-state index contributed by atoms with van der Waals surface area (Å²) >= 11 is 0. The number of halogens is 5. The normalized spacial score (nSPS) is 16.5. The van der Waals surface area contributed by atoms with Gasteiger partial charge >= 0.3 is 6.18 Å². The van der Waals surface area contributed by atoms with Gasteiger partial charge in [0, 0.05) is 43.3 Å². The Balaban J connectivity index is 1.63. The zero-order valence-corrected chi connectivity index (χ0v) is 17.0. The number of nitrogens with two attached hydrogens (primary N) is 1. The van der Waals surface area contributed by atoms with Crippen LogP contribution in [0.1, 0.15) is 34.5 Å². The predicted octanol–water partition coefficient (Wildman–Crippen LogP) is 5.49. The fourth-order valence-corrected chi connectivity index (χ4v) is 3.87. The van der Waals surface area contributed by atoms with E-state index in [-0.39, 0.29) is 44.0 Å². The number of fused-ring (bicyclic) bond motifs is 1. The Labute approximate surface area is 180 Å². The molecule has 1 fully saturated rings. The van der Waals surface area contributed by atoms with Crippen molar-refractivity contribution >= 4 is 16.9 Å². The van der Waals surface area contributed by atoms with E-state index in [0.29, 0.717) is 34.3 Å². The van der Waals surface area contributed by atoms with Crippen molar-refractivity contribution in [3.05, 3.63) is 59.4 Å². The summed E-state index contributed by atoms with van der Waals surface area (Å²) in [6.07, 6.45) is -5.05. The van der Waals surface area contributed by atoms with E-state index in [4.69, 9.17) is 10.2 Å². The maximum atomic E-state index is 13.7. The van der Waals surface area contributed by atoms with Crippen LogP contribution >= 0.6 is 0 Å². The largest absolute Gasteiger partial charge is 0.460 e. The van der Waals surface area contributed by atoms with E-state index in [0.717, 1.165) is 6.07 Å². The summed E-state index contributed by atoms with van der Waals surface area (Å²) in [6.45, 7) is 0.174. The Morgan fingerprint density at radius 2 is 1.69 bits per heavy atom. The summed E-state index contributed by atoms with van der Waals surface area (Å²) in [5, 5.41) is 0.313. The zero-order valence-electron chi connectivity index (χ0n) is 17.0. The maximum absolute atomic E-state index is 13.7. The van der Waals surface area contributed by atoms with Crippen LogP contribution in [0.5, 0.6) is 0 Å². The SMILES string of the molecule is NCCc1cc2cc(-c3ccc(C(=O)N4CCC(F)(F)CC4)cc3)cc(C(F)(F)F)c2o1. The van der Waals surface area contributed by atoms with Crippen molar-refractivity contribution in [1.29, 1.82) is 0 Å². The number of piperidine rings is 1. The Morgan fingerprint density at radius 1 is 1.03 bits per heavy atom. The van der Waals surface area contributed by atoms with Crippen LogP contribution in [0, 0.1) is 0 Å². The second-order valence-corrected chi connectivity index (χ2v) is 7.92. The number of furan rings is 1. The molecule has 1 aliphatic heterocycles. The van der Waals surface area contributed by atoms with Crippen molar-refractivity contribution in [3.8, 4) is 11.1 Å². The van der Waals surface area contributed by atoms with Crippen LogP contribution in [-0.2, 0) is 12.6 Å². The number of nitrogens with zero attached hydrogens (tertiary/aromatic N) is 1. The number of carbonyl (C=O) groups is 1. The molecule has 0 unspecified atom stereocenters. The Bertz CT molecular complexity index is 1130. The van der Waals surface area contributed by atoms with E-state index >= 15 is 0 Å². The van der Waals surface area contributed by atoms with Gasteiger partial charge < -0.3 is 15.1 Å². The molecule has 0 aliphatic carbocycles. The first-order valence-electron chi connectivity index (χ1n) is 10.2.